The van der Waals surface area contributed by atoms with Crippen molar-refractivity contribution in [2.24, 2.45) is 0 Å². The Labute approximate surface area is 255 Å². The minimum absolute atomic E-state index is 0.0796. The van der Waals surface area contributed by atoms with Gasteiger partial charge in [-0.05, 0) is 55.2 Å². The van der Waals surface area contributed by atoms with E-state index in [-0.39, 0.29) is 23.8 Å². The van der Waals surface area contributed by atoms with E-state index in [0.717, 1.165) is 30.5 Å². The molecule has 7 nitrogen and oxygen atoms in total. The number of nitrogens with one attached hydrogen (secondary N) is 1. The van der Waals surface area contributed by atoms with Crippen LogP contribution in [0.25, 0.3) is 0 Å². The Morgan fingerprint density at radius 2 is 1.58 bits per heavy atom. The predicted octanol–water partition coefficient (Wildman–Crippen LogP) is 6.32. The maximum absolute atomic E-state index is 14.0. The maximum atomic E-state index is 14.0. The van der Waals surface area contributed by atoms with E-state index >= 15 is 0 Å². The molecule has 232 valence electrons. The van der Waals surface area contributed by atoms with Gasteiger partial charge in [0, 0.05) is 13.1 Å². The summed E-state index contributed by atoms with van der Waals surface area (Å²) in [7, 11) is -4.52. The zero-order valence-electron chi connectivity index (χ0n) is 24.0. The van der Waals surface area contributed by atoms with Gasteiger partial charge in [-0.25, -0.2) is 8.42 Å². The second-order valence-electron chi connectivity index (χ2n) is 9.88. The number of unbranched alkanes of at least 4 members (excludes halogenated alkanes) is 1. The van der Waals surface area contributed by atoms with Crippen LogP contribution in [0.15, 0.2) is 83.8 Å². The number of anilines is 1. The van der Waals surface area contributed by atoms with E-state index < -0.39 is 51.0 Å². The summed E-state index contributed by atoms with van der Waals surface area (Å²) in [5.74, 6) is -1.13. The molecule has 43 heavy (non-hydrogen) atoms. The quantitative estimate of drug-likeness (QED) is 0.210. The number of carbonyl (C=O) groups is 2. The minimum atomic E-state index is -4.87. The lowest BCUT2D eigenvalue weighted by molar-refractivity contribution is -0.139. The highest BCUT2D eigenvalue weighted by Crippen LogP contribution is 2.38. The van der Waals surface area contributed by atoms with Gasteiger partial charge in [0.25, 0.3) is 10.0 Å². The van der Waals surface area contributed by atoms with E-state index in [1.165, 1.54) is 29.2 Å². The lowest BCUT2D eigenvalue weighted by Crippen LogP contribution is -2.53. The van der Waals surface area contributed by atoms with E-state index in [2.05, 4.69) is 5.32 Å². The third kappa shape index (κ3) is 8.96. The fraction of sp³-hybridized carbons (Fsp3) is 0.355. The Kier molecular flexibility index (Phi) is 12.0. The number of hydrogen-bond donors (Lipinski definition) is 1. The fourth-order valence-corrected chi connectivity index (χ4v) is 6.19. The third-order valence-electron chi connectivity index (χ3n) is 6.85. The van der Waals surface area contributed by atoms with Crippen molar-refractivity contribution in [3.8, 4) is 0 Å². The molecule has 0 saturated heterocycles. The zero-order chi connectivity index (χ0) is 31.6. The van der Waals surface area contributed by atoms with Gasteiger partial charge in [-0.2, -0.15) is 13.2 Å². The van der Waals surface area contributed by atoms with Crippen molar-refractivity contribution in [3.63, 3.8) is 0 Å². The molecule has 3 aromatic rings. The molecule has 0 aromatic heterocycles. The van der Waals surface area contributed by atoms with Crippen molar-refractivity contribution in [1.82, 2.24) is 10.2 Å². The summed E-state index contributed by atoms with van der Waals surface area (Å²) in [4.78, 5) is 28.3. The molecule has 0 spiro atoms. The standard InChI is InChI=1S/C31H35ClF3N3O4S/c1-3-5-19-36-30(40)28(4-2)37(20-18-23-12-8-6-9-13-23)29(39)22-38(43(41,42)25-14-10-7-11-15-25)24-16-17-27(32)26(21-24)31(33,34)35/h6-17,21,28H,3-5,18-20,22H2,1-2H3,(H,36,40)/t28-/m0/s1. The highest BCUT2D eigenvalue weighted by Gasteiger charge is 2.37. The summed E-state index contributed by atoms with van der Waals surface area (Å²) >= 11 is 5.81. The first-order valence-electron chi connectivity index (χ1n) is 14.0. The van der Waals surface area contributed by atoms with Gasteiger partial charge in [0.05, 0.1) is 21.2 Å². The molecular weight excluding hydrogens is 603 g/mol. The van der Waals surface area contributed by atoms with E-state index in [4.69, 9.17) is 11.6 Å². The molecule has 0 heterocycles. The second-order valence-corrected chi connectivity index (χ2v) is 12.1. The molecule has 1 atom stereocenters. The van der Waals surface area contributed by atoms with Gasteiger partial charge in [0.15, 0.2) is 0 Å². The normalized spacial score (nSPS) is 12.4. The number of sulfonamides is 1. The summed E-state index contributed by atoms with van der Waals surface area (Å²) in [6, 6.07) is 18.1. The van der Waals surface area contributed by atoms with Crippen LogP contribution in [-0.4, -0.2) is 50.8 Å². The van der Waals surface area contributed by atoms with Gasteiger partial charge in [0.1, 0.15) is 12.6 Å². The van der Waals surface area contributed by atoms with Gasteiger partial charge < -0.3 is 10.2 Å². The topological polar surface area (TPSA) is 86.8 Å². The molecule has 0 fully saturated rings. The molecule has 1 N–H and O–H groups in total. The second kappa shape index (κ2) is 15.2. The molecule has 0 bridgehead atoms. The molecular formula is C31H35ClF3N3O4S. The Morgan fingerprint density at radius 3 is 2.16 bits per heavy atom. The van der Waals surface area contributed by atoms with Gasteiger partial charge >= 0.3 is 6.18 Å². The summed E-state index contributed by atoms with van der Waals surface area (Å²) in [5.41, 5.74) is -0.741. The average molecular weight is 638 g/mol. The van der Waals surface area contributed by atoms with E-state index in [0.29, 0.717) is 23.3 Å². The number of amides is 2. The predicted molar refractivity (Wildman–Crippen MR) is 161 cm³/mol. The van der Waals surface area contributed by atoms with Crippen LogP contribution in [0.1, 0.15) is 44.2 Å². The van der Waals surface area contributed by atoms with Crippen LogP contribution in [-0.2, 0) is 32.2 Å². The molecule has 0 saturated carbocycles. The van der Waals surface area contributed by atoms with Crippen LogP contribution < -0.4 is 9.62 Å². The van der Waals surface area contributed by atoms with Crippen LogP contribution in [0.2, 0.25) is 5.02 Å². The van der Waals surface area contributed by atoms with Crippen LogP contribution in [0, 0.1) is 0 Å². The summed E-state index contributed by atoms with van der Waals surface area (Å²) in [5, 5.41) is 2.22. The molecule has 12 heteroatoms. The van der Waals surface area contributed by atoms with Crippen LogP contribution in [0.5, 0.6) is 0 Å². The fourth-order valence-electron chi connectivity index (χ4n) is 4.54. The van der Waals surface area contributed by atoms with Gasteiger partial charge in [0.2, 0.25) is 11.8 Å². The number of nitrogens with zero attached hydrogens (tertiary/aromatic N) is 2. The van der Waals surface area contributed by atoms with E-state index in [1.54, 1.807) is 13.0 Å². The number of alkyl halides is 3. The Hall–Kier alpha value is -3.57. The largest absolute Gasteiger partial charge is 0.417 e. The van der Waals surface area contributed by atoms with E-state index in [9.17, 15) is 31.2 Å². The number of carbonyl (C=O) groups excluding carboxylic acids is 2. The lowest BCUT2D eigenvalue weighted by atomic mass is 10.1. The first-order valence-corrected chi connectivity index (χ1v) is 15.8. The van der Waals surface area contributed by atoms with Crippen molar-refractivity contribution in [1.29, 1.82) is 0 Å². The van der Waals surface area contributed by atoms with Gasteiger partial charge in [-0.15, -0.1) is 0 Å². The molecule has 0 aliphatic carbocycles. The summed E-state index contributed by atoms with van der Waals surface area (Å²) in [6.45, 7) is 3.36. The van der Waals surface area contributed by atoms with Crippen molar-refractivity contribution in [2.75, 3.05) is 23.9 Å². The van der Waals surface area contributed by atoms with Crippen LogP contribution in [0.4, 0.5) is 18.9 Å². The van der Waals surface area contributed by atoms with Crippen molar-refractivity contribution in [2.45, 2.75) is 56.6 Å². The molecule has 2 amide bonds. The lowest BCUT2D eigenvalue weighted by Gasteiger charge is -2.33. The molecule has 3 aromatic carbocycles. The number of rotatable bonds is 14. The van der Waals surface area contributed by atoms with Crippen LogP contribution >= 0.6 is 11.6 Å². The molecule has 0 unspecified atom stereocenters. The monoisotopic (exact) mass is 637 g/mol. The Morgan fingerprint density at radius 1 is 0.953 bits per heavy atom. The third-order valence-corrected chi connectivity index (χ3v) is 8.97. The molecule has 0 radical (unpaired) electrons. The molecule has 3 rings (SSSR count). The highest BCUT2D eigenvalue weighted by atomic mass is 35.5. The minimum Gasteiger partial charge on any atom is -0.354 e. The number of hydrogen-bond acceptors (Lipinski definition) is 4. The first-order chi connectivity index (χ1) is 20.4. The molecule has 0 aliphatic heterocycles. The Balaban J connectivity index is 2.06. The van der Waals surface area contributed by atoms with Crippen LogP contribution in [0.3, 0.4) is 0 Å². The number of benzene rings is 3. The zero-order valence-corrected chi connectivity index (χ0v) is 25.6. The van der Waals surface area contributed by atoms with Crippen molar-refractivity contribution < 1.29 is 31.2 Å². The van der Waals surface area contributed by atoms with Crippen molar-refractivity contribution >= 4 is 39.1 Å². The number of halogens is 4. The average Bonchev–Trinajstić information content (AvgIpc) is 2.98. The highest BCUT2D eigenvalue weighted by molar-refractivity contribution is 7.92. The summed E-state index contributed by atoms with van der Waals surface area (Å²) < 4.78 is 69.6. The Bertz CT molecular complexity index is 1470. The van der Waals surface area contributed by atoms with Gasteiger partial charge in [-0.3, -0.25) is 13.9 Å². The molecule has 0 aliphatic rings. The SMILES string of the molecule is CCCCNC(=O)[C@H](CC)N(CCc1ccccc1)C(=O)CN(c1ccc(Cl)c(C(F)(F)F)c1)S(=O)(=O)c1ccccc1. The maximum Gasteiger partial charge on any atom is 0.417 e. The van der Waals surface area contributed by atoms with E-state index in [1.807, 2.05) is 37.3 Å². The van der Waals surface area contributed by atoms with Gasteiger partial charge in [-0.1, -0.05) is 80.4 Å². The van der Waals surface area contributed by atoms with Crippen molar-refractivity contribution in [3.05, 3.63) is 95.0 Å². The summed E-state index contributed by atoms with van der Waals surface area (Å²) in [6.07, 6.45) is -2.67. The first kappa shape index (κ1) is 33.9. The smallest absolute Gasteiger partial charge is 0.354 e.